The monoisotopic (exact) mass is 536 g/mol. The number of carbonyl (C=O) groups excluding carboxylic acids is 2. The van der Waals surface area contributed by atoms with Crippen molar-refractivity contribution in [3.63, 3.8) is 0 Å². The maximum Gasteiger partial charge on any atom is 0.352 e. The Bertz CT molecular complexity index is 1130. The topological polar surface area (TPSA) is 140 Å². The zero-order chi connectivity index (χ0) is 24.9. The second-order valence-corrected chi connectivity index (χ2v) is 10.7. The number of carboxylic acid groups (broad SMARTS) is 1. The number of nitrogens with one attached hydrogen (secondary N) is 1. The Morgan fingerprint density at radius 3 is 2.80 bits per heavy atom. The van der Waals surface area contributed by atoms with Crippen LogP contribution in [0.4, 0.5) is 0 Å². The van der Waals surface area contributed by atoms with E-state index in [0.29, 0.717) is 34.7 Å². The third-order valence-corrected chi connectivity index (χ3v) is 8.99. The number of nitrogens with zero attached hydrogens (tertiary/aromatic N) is 5. The molecule has 1 saturated heterocycles. The molecule has 0 spiro atoms. The molecular weight excluding hydrogens is 512 g/mol. The van der Waals surface area contributed by atoms with Gasteiger partial charge in [0, 0.05) is 25.2 Å². The van der Waals surface area contributed by atoms with Crippen molar-refractivity contribution in [2.24, 2.45) is 0 Å². The van der Waals surface area contributed by atoms with Gasteiger partial charge in [-0.1, -0.05) is 42.1 Å². The van der Waals surface area contributed by atoms with Crippen LogP contribution in [0.1, 0.15) is 17.7 Å². The number of aromatic nitrogens is 4. The first-order valence-corrected chi connectivity index (χ1v) is 13.8. The lowest BCUT2D eigenvalue weighted by atomic mass is 10.0. The van der Waals surface area contributed by atoms with E-state index in [-0.39, 0.29) is 11.6 Å². The Morgan fingerprint density at radius 2 is 2.11 bits per heavy atom. The summed E-state index contributed by atoms with van der Waals surface area (Å²) in [4.78, 5) is 39.5. The zero-order valence-corrected chi connectivity index (χ0v) is 21.4. The lowest BCUT2D eigenvalue weighted by Crippen LogP contribution is -2.70. The molecule has 2 aliphatic rings. The van der Waals surface area contributed by atoms with Crippen molar-refractivity contribution >= 4 is 53.1 Å². The van der Waals surface area contributed by atoms with Crippen molar-refractivity contribution in [1.82, 2.24) is 30.4 Å². The summed E-state index contributed by atoms with van der Waals surface area (Å²) in [6.07, 6.45) is 0. The summed E-state index contributed by atoms with van der Waals surface area (Å²) in [7, 11) is 1.55. The van der Waals surface area contributed by atoms with Crippen molar-refractivity contribution in [2.45, 2.75) is 35.3 Å². The molecule has 2 N–H and O–H groups in total. The predicted molar refractivity (Wildman–Crippen MR) is 133 cm³/mol. The summed E-state index contributed by atoms with van der Waals surface area (Å²) in [6.45, 7) is 2.50. The third kappa shape index (κ3) is 5.34. The predicted octanol–water partition coefficient (Wildman–Crippen LogP) is 1.60. The Balaban J connectivity index is 1.47. The van der Waals surface area contributed by atoms with Crippen LogP contribution in [-0.2, 0) is 25.7 Å². The first-order chi connectivity index (χ1) is 17.0. The van der Waals surface area contributed by atoms with Crippen molar-refractivity contribution in [3.05, 3.63) is 47.2 Å². The fraction of sp³-hybridized carbons (Fsp3) is 0.429. The van der Waals surface area contributed by atoms with Gasteiger partial charge in [0.05, 0.1) is 5.94 Å². The summed E-state index contributed by atoms with van der Waals surface area (Å²) >= 11 is 4.07. The number of fused-ring (bicyclic) bond motifs is 1. The number of rotatable bonds is 11. The minimum absolute atomic E-state index is 0.0272. The van der Waals surface area contributed by atoms with Crippen molar-refractivity contribution in [2.75, 3.05) is 24.6 Å². The van der Waals surface area contributed by atoms with Gasteiger partial charge >= 0.3 is 5.97 Å². The molecule has 3 atom stereocenters. The smallest absolute Gasteiger partial charge is 0.352 e. The van der Waals surface area contributed by atoms with Crippen molar-refractivity contribution in [1.29, 1.82) is 0 Å². The van der Waals surface area contributed by atoms with E-state index in [9.17, 15) is 19.5 Å². The van der Waals surface area contributed by atoms with E-state index in [2.05, 4.69) is 20.8 Å². The van der Waals surface area contributed by atoms with E-state index in [4.69, 9.17) is 4.74 Å². The summed E-state index contributed by atoms with van der Waals surface area (Å²) in [6, 6.07) is 8.46. The molecule has 35 heavy (non-hydrogen) atoms. The third-order valence-electron chi connectivity index (χ3n) is 5.41. The Hall–Kier alpha value is -2.55. The summed E-state index contributed by atoms with van der Waals surface area (Å²) in [5.74, 6) is -0.847. The minimum Gasteiger partial charge on any atom is -0.477 e. The number of hydrogen-bond donors (Lipinski definition) is 2. The van der Waals surface area contributed by atoms with Gasteiger partial charge in [0.25, 0.3) is 5.91 Å². The van der Waals surface area contributed by atoms with Crippen LogP contribution in [0.2, 0.25) is 0 Å². The van der Waals surface area contributed by atoms with E-state index in [1.54, 1.807) is 11.8 Å². The van der Waals surface area contributed by atoms with E-state index < -0.39 is 28.5 Å². The van der Waals surface area contributed by atoms with Gasteiger partial charge in [-0.05, 0) is 28.5 Å². The van der Waals surface area contributed by atoms with Gasteiger partial charge < -0.3 is 15.2 Å². The number of aliphatic carboxylic acids is 1. The normalized spacial score (nSPS) is 20.3. The Kier molecular flexibility index (Phi) is 8.36. The number of benzene rings is 1. The average Bonchev–Trinajstić information content (AvgIpc) is 3.33. The molecule has 0 aliphatic carbocycles. The quantitative estimate of drug-likeness (QED) is 0.246. The maximum atomic E-state index is 13.1. The number of carboxylic acids is 1. The lowest BCUT2D eigenvalue weighted by Gasteiger charge is -2.49. The van der Waals surface area contributed by atoms with Crippen LogP contribution in [0, 0.1) is 0 Å². The van der Waals surface area contributed by atoms with Gasteiger partial charge in [-0.25, -0.2) is 9.48 Å². The molecule has 0 radical (unpaired) electrons. The SMILES string of the molecule is CCn1nnnc1SCC1=C(C(=O)O)N2C(=O)[C@H](NC(=O)C(SCOC)c3ccccc3)C2SC1. The molecule has 1 fully saturated rings. The number of carbonyl (C=O) groups is 3. The molecule has 11 nitrogen and oxygen atoms in total. The molecule has 1 aromatic carbocycles. The van der Waals surface area contributed by atoms with E-state index >= 15 is 0 Å². The highest BCUT2D eigenvalue weighted by Crippen LogP contribution is 2.42. The molecule has 0 saturated carbocycles. The van der Waals surface area contributed by atoms with Crippen molar-refractivity contribution < 1.29 is 24.2 Å². The number of amides is 2. The zero-order valence-electron chi connectivity index (χ0n) is 19.0. The van der Waals surface area contributed by atoms with Gasteiger partial charge in [0.15, 0.2) is 0 Å². The molecule has 14 heteroatoms. The number of hydrogen-bond acceptors (Lipinski definition) is 10. The fourth-order valence-electron chi connectivity index (χ4n) is 3.76. The Labute approximate surface area is 214 Å². The van der Waals surface area contributed by atoms with Gasteiger partial charge in [-0.15, -0.1) is 28.6 Å². The highest BCUT2D eigenvalue weighted by molar-refractivity contribution is 8.01. The molecule has 2 amide bonds. The molecule has 186 valence electrons. The molecule has 3 heterocycles. The second kappa shape index (κ2) is 11.5. The molecule has 4 rings (SSSR count). The van der Waals surface area contributed by atoms with Crippen LogP contribution in [0.25, 0.3) is 0 Å². The molecule has 2 aliphatic heterocycles. The number of ether oxygens (including phenoxy) is 1. The average molecular weight is 537 g/mol. The highest BCUT2D eigenvalue weighted by atomic mass is 32.2. The maximum absolute atomic E-state index is 13.1. The first-order valence-electron chi connectivity index (χ1n) is 10.7. The number of tetrazole rings is 1. The first kappa shape index (κ1) is 25.5. The summed E-state index contributed by atoms with van der Waals surface area (Å²) < 4.78 is 6.75. The van der Waals surface area contributed by atoms with Crippen LogP contribution in [0.15, 0.2) is 46.8 Å². The van der Waals surface area contributed by atoms with Crippen LogP contribution < -0.4 is 5.32 Å². The van der Waals surface area contributed by atoms with E-state index in [1.165, 1.54) is 40.2 Å². The largest absolute Gasteiger partial charge is 0.477 e. The molecular formula is C21H24N6O5S3. The van der Waals surface area contributed by atoms with Crippen molar-refractivity contribution in [3.8, 4) is 0 Å². The number of thioether (sulfide) groups is 3. The second-order valence-electron chi connectivity index (χ2n) is 7.58. The molecule has 1 aromatic heterocycles. The standard InChI is InChI=1S/C21H24N6O5S3/c1-3-26-21(23-24-25-26)34-10-13-9-33-19-14(18(29)27(19)15(13)20(30)31)22-17(28)16(35-11-32-2)12-7-5-4-6-8-12/h4-8,14,16,19H,3,9-11H2,1-2H3,(H,22,28)(H,30,31)/t14-,16?,19?/m0/s1. The number of aryl methyl sites for hydroxylation is 1. The highest BCUT2D eigenvalue weighted by Gasteiger charge is 2.54. The van der Waals surface area contributed by atoms with Crippen LogP contribution >= 0.6 is 35.3 Å². The minimum atomic E-state index is -1.17. The van der Waals surface area contributed by atoms with Crippen LogP contribution in [-0.4, -0.2) is 84.0 Å². The fourth-order valence-corrected chi connectivity index (χ4v) is 7.03. The Morgan fingerprint density at radius 1 is 1.34 bits per heavy atom. The summed E-state index contributed by atoms with van der Waals surface area (Å²) in [5, 5.41) is 23.8. The van der Waals surface area contributed by atoms with E-state index in [1.807, 2.05) is 37.3 Å². The molecule has 0 bridgehead atoms. The van der Waals surface area contributed by atoms with Gasteiger partial charge in [-0.2, -0.15) is 0 Å². The number of methoxy groups -OCH3 is 1. The summed E-state index contributed by atoms with van der Waals surface area (Å²) in [5.41, 5.74) is 1.39. The van der Waals surface area contributed by atoms with E-state index in [0.717, 1.165) is 5.56 Å². The van der Waals surface area contributed by atoms with Gasteiger partial charge in [0.1, 0.15) is 22.4 Å². The van der Waals surface area contributed by atoms with Gasteiger partial charge in [0.2, 0.25) is 11.1 Å². The van der Waals surface area contributed by atoms with Gasteiger partial charge in [-0.3, -0.25) is 14.5 Å². The number of β-lactam (4-membered cyclic amide) rings is 1. The molecule has 2 aromatic rings. The lowest BCUT2D eigenvalue weighted by molar-refractivity contribution is -0.150. The molecule has 2 unspecified atom stereocenters. The van der Waals surface area contributed by atoms with Crippen LogP contribution in [0.3, 0.4) is 0 Å². The van der Waals surface area contributed by atoms with Crippen LogP contribution in [0.5, 0.6) is 0 Å².